The van der Waals surface area contributed by atoms with E-state index in [9.17, 15) is 4.79 Å². The fourth-order valence-electron chi connectivity index (χ4n) is 2.60. The molecule has 6 nitrogen and oxygen atoms in total. The summed E-state index contributed by atoms with van der Waals surface area (Å²) in [6, 6.07) is 9.93. The van der Waals surface area contributed by atoms with E-state index in [1.807, 2.05) is 42.6 Å². The van der Waals surface area contributed by atoms with Crippen molar-refractivity contribution in [2.45, 2.75) is 31.8 Å². The molecule has 0 saturated heterocycles. The van der Waals surface area contributed by atoms with Gasteiger partial charge in [0.15, 0.2) is 5.82 Å². The standard InChI is InChI=1S/C18H21N5OS2/c1-11(2)13-7-4-6-12(3)16(13)20-15(24)10-26-18-22-21-17(23(18)19)14-8-5-9-25-14/h4-9,11H,10,19H2,1-3H3,(H,20,24). The molecule has 26 heavy (non-hydrogen) atoms. The Labute approximate surface area is 160 Å². The molecule has 0 bridgehead atoms. The molecule has 2 aromatic heterocycles. The van der Waals surface area contributed by atoms with Crippen LogP contribution >= 0.6 is 23.1 Å². The fourth-order valence-corrected chi connectivity index (χ4v) is 3.96. The van der Waals surface area contributed by atoms with Gasteiger partial charge in [-0.3, -0.25) is 4.79 Å². The summed E-state index contributed by atoms with van der Waals surface area (Å²) in [6.07, 6.45) is 0. The molecule has 3 N–H and O–H groups in total. The Kier molecular flexibility index (Phi) is 5.63. The van der Waals surface area contributed by atoms with Crippen molar-refractivity contribution in [3.63, 3.8) is 0 Å². The minimum atomic E-state index is -0.0909. The maximum atomic E-state index is 12.4. The Morgan fingerprint density at radius 1 is 1.31 bits per heavy atom. The summed E-state index contributed by atoms with van der Waals surface area (Å²) < 4.78 is 1.43. The molecule has 1 aromatic carbocycles. The van der Waals surface area contributed by atoms with E-state index < -0.39 is 0 Å². The van der Waals surface area contributed by atoms with Gasteiger partial charge in [-0.05, 0) is 35.4 Å². The van der Waals surface area contributed by atoms with Crippen LogP contribution in [-0.2, 0) is 4.79 Å². The van der Waals surface area contributed by atoms with Crippen LogP contribution in [0.2, 0.25) is 0 Å². The van der Waals surface area contributed by atoms with Crippen LogP contribution in [0.15, 0.2) is 40.9 Å². The smallest absolute Gasteiger partial charge is 0.234 e. The minimum absolute atomic E-state index is 0.0909. The molecule has 8 heteroatoms. The number of nitrogens with one attached hydrogen (secondary N) is 1. The van der Waals surface area contributed by atoms with Crippen molar-refractivity contribution < 1.29 is 4.79 Å². The van der Waals surface area contributed by atoms with E-state index in [1.54, 1.807) is 11.3 Å². The average Bonchev–Trinajstić information content (AvgIpc) is 3.24. The zero-order chi connectivity index (χ0) is 18.7. The molecule has 136 valence electrons. The van der Waals surface area contributed by atoms with E-state index in [4.69, 9.17) is 5.84 Å². The van der Waals surface area contributed by atoms with Gasteiger partial charge in [-0.25, -0.2) is 4.68 Å². The van der Waals surface area contributed by atoms with Gasteiger partial charge in [-0.2, -0.15) is 0 Å². The first-order chi connectivity index (χ1) is 12.5. The van der Waals surface area contributed by atoms with E-state index in [0.29, 0.717) is 16.9 Å². The highest BCUT2D eigenvalue weighted by atomic mass is 32.2. The third kappa shape index (κ3) is 3.91. The van der Waals surface area contributed by atoms with Crippen molar-refractivity contribution in [3.05, 3.63) is 46.8 Å². The van der Waals surface area contributed by atoms with Crippen LogP contribution in [0.5, 0.6) is 0 Å². The molecule has 0 fully saturated rings. The zero-order valence-corrected chi connectivity index (χ0v) is 16.5. The Morgan fingerprint density at radius 2 is 2.12 bits per heavy atom. The molecule has 0 spiro atoms. The lowest BCUT2D eigenvalue weighted by molar-refractivity contribution is -0.113. The van der Waals surface area contributed by atoms with Crippen LogP contribution in [0.4, 0.5) is 5.69 Å². The molecule has 0 atom stereocenters. The number of rotatable bonds is 6. The second kappa shape index (κ2) is 7.92. The van der Waals surface area contributed by atoms with Gasteiger partial charge in [0.05, 0.1) is 10.6 Å². The SMILES string of the molecule is Cc1cccc(C(C)C)c1NC(=O)CSc1nnc(-c2cccs2)n1N. The predicted molar refractivity (Wildman–Crippen MR) is 108 cm³/mol. The summed E-state index contributed by atoms with van der Waals surface area (Å²) in [4.78, 5) is 13.4. The third-order valence-corrected chi connectivity index (χ3v) is 5.74. The largest absolute Gasteiger partial charge is 0.335 e. The summed E-state index contributed by atoms with van der Waals surface area (Å²) >= 11 is 2.81. The van der Waals surface area contributed by atoms with E-state index in [1.165, 1.54) is 16.4 Å². The number of para-hydroxylation sites is 1. The Bertz CT molecular complexity index is 902. The quantitative estimate of drug-likeness (QED) is 0.495. The van der Waals surface area contributed by atoms with Crippen LogP contribution in [0.1, 0.15) is 30.9 Å². The second-order valence-corrected chi connectivity index (χ2v) is 8.07. The molecule has 2 heterocycles. The van der Waals surface area contributed by atoms with Crippen LogP contribution in [0, 0.1) is 6.92 Å². The van der Waals surface area contributed by atoms with Crippen molar-refractivity contribution in [2.75, 3.05) is 16.9 Å². The van der Waals surface area contributed by atoms with Crippen LogP contribution < -0.4 is 11.2 Å². The zero-order valence-electron chi connectivity index (χ0n) is 14.9. The maximum absolute atomic E-state index is 12.4. The van der Waals surface area contributed by atoms with Gasteiger partial charge in [-0.15, -0.1) is 21.5 Å². The van der Waals surface area contributed by atoms with E-state index in [2.05, 4.69) is 29.4 Å². The summed E-state index contributed by atoms with van der Waals surface area (Å²) in [7, 11) is 0. The number of carbonyl (C=O) groups excluding carboxylic acids is 1. The number of hydrogen-bond acceptors (Lipinski definition) is 6. The van der Waals surface area contributed by atoms with Gasteiger partial charge in [0.1, 0.15) is 0 Å². The van der Waals surface area contributed by atoms with Gasteiger partial charge < -0.3 is 11.2 Å². The molecule has 3 aromatic rings. The molecule has 0 unspecified atom stereocenters. The average molecular weight is 388 g/mol. The molecule has 3 rings (SSSR count). The number of hydrogen-bond donors (Lipinski definition) is 2. The number of carbonyl (C=O) groups is 1. The minimum Gasteiger partial charge on any atom is -0.335 e. The predicted octanol–water partition coefficient (Wildman–Crippen LogP) is 3.88. The van der Waals surface area contributed by atoms with Gasteiger partial charge in [-0.1, -0.05) is 49.9 Å². The number of benzene rings is 1. The molecule has 0 radical (unpaired) electrons. The lowest BCUT2D eigenvalue weighted by Crippen LogP contribution is -2.18. The first-order valence-electron chi connectivity index (χ1n) is 8.24. The van der Waals surface area contributed by atoms with Gasteiger partial charge in [0.25, 0.3) is 0 Å². The van der Waals surface area contributed by atoms with E-state index in [0.717, 1.165) is 21.7 Å². The molecular formula is C18H21N5OS2. The van der Waals surface area contributed by atoms with E-state index >= 15 is 0 Å². The highest BCUT2D eigenvalue weighted by Crippen LogP contribution is 2.28. The monoisotopic (exact) mass is 387 g/mol. The maximum Gasteiger partial charge on any atom is 0.234 e. The normalized spacial score (nSPS) is 11.1. The van der Waals surface area contributed by atoms with Crippen molar-refractivity contribution in [1.29, 1.82) is 0 Å². The highest BCUT2D eigenvalue weighted by Gasteiger charge is 2.16. The number of nitrogens with zero attached hydrogens (tertiary/aromatic N) is 3. The molecule has 0 aliphatic carbocycles. The summed E-state index contributed by atoms with van der Waals surface area (Å²) in [6.45, 7) is 6.23. The number of aromatic nitrogens is 3. The van der Waals surface area contributed by atoms with Crippen molar-refractivity contribution in [1.82, 2.24) is 14.9 Å². The summed E-state index contributed by atoms with van der Waals surface area (Å²) in [5.74, 6) is 7.12. The molecule has 0 aliphatic heterocycles. The summed E-state index contributed by atoms with van der Waals surface area (Å²) in [5.41, 5.74) is 3.07. The first kappa shape index (κ1) is 18.5. The summed E-state index contributed by atoms with van der Waals surface area (Å²) in [5, 5.41) is 13.7. The number of nitrogen functional groups attached to an aromatic ring is 1. The first-order valence-corrected chi connectivity index (χ1v) is 10.1. The number of thioether (sulfide) groups is 1. The Hall–Kier alpha value is -2.32. The van der Waals surface area contributed by atoms with Gasteiger partial charge in [0, 0.05) is 5.69 Å². The highest BCUT2D eigenvalue weighted by molar-refractivity contribution is 7.99. The third-order valence-electron chi connectivity index (χ3n) is 3.93. The molecular weight excluding hydrogens is 366 g/mol. The molecule has 0 saturated carbocycles. The molecule has 0 aliphatic rings. The fraction of sp³-hybridized carbons (Fsp3) is 0.278. The second-order valence-electron chi connectivity index (χ2n) is 6.18. The van der Waals surface area contributed by atoms with Crippen molar-refractivity contribution in [3.8, 4) is 10.7 Å². The van der Waals surface area contributed by atoms with Crippen LogP contribution in [0.25, 0.3) is 10.7 Å². The Morgan fingerprint density at radius 3 is 2.81 bits per heavy atom. The lowest BCUT2D eigenvalue weighted by atomic mass is 9.98. The van der Waals surface area contributed by atoms with Crippen LogP contribution in [0.3, 0.4) is 0 Å². The van der Waals surface area contributed by atoms with Gasteiger partial charge in [0.2, 0.25) is 11.1 Å². The lowest BCUT2D eigenvalue weighted by Gasteiger charge is -2.16. The number of aryl methyl sites for hydroxylation is 1. The molecule has 1 amide bonds. The topological polar surface area (TPSA) is 85.8 Å². The van der Waals surface area contributed by atoms with Crippen molar-refractivity contribution in [2.24, 2.45) is 0 Å². The van der Waals surface area contributed by atoms with Crippen LogP contribution in [-0.4, -0.2) is 26.5 Å². The number of amides is 1. The van der Waals surface area contributed by atoms with E-state index in [-0.39, 0.29) is 11.7 Å². The van der Waals surface area contributed by atoms with Gasteiger partial charge >= 0.3 is 0 Å². The number of anilines is 1. The number of nitrogens with two attached hydrogens (primary N) is 1. The van der Waals surface area contributed by atoms with Crippen molar-refractivity contribution >= 4 is 34.7 Å². The number of thiophene rings is 1. The Balaban J connectivity index is 1.68.